The van der Waals surface area contributed by atoms with Crippen LogP contribution in [0.15, 0.2) is 48.5 Å². The Bertz CT molecular complexity index is 727. The number of hydrogen-bond donors (Lipinski definition) is 1. The van der Waals surface area contributed by atoms with Gasteiger partial charge in [0.2, 0.25) is 0 Å². The molecule has 0 spiro atoms. The lowest BCUT2D eigenvalue weighted by Gasteiger charge is -2.39. The highest BCUT2D eigenvalue weighted by molar-refractivity contribution is 5.53. The third-order valence-electron chi connectivity index (χ3n) is 5.17. The van der Waals surface area contributed by atoms with Crippen molar-refractivity contribution in [2.45, 2.75) is 30.7 Å². The Labute approximate surface area is 137 Å². The lowest BCUT2D eigenvalue weighted by atomic mass is 9.80. The largest absolute Gasteiger partial charge is 0.385 e. The molecule has 2 aromatic carbocycles. The zero-order valence-corrected chi connectivity index (χ0v) is 13.7. The van der Waals surface area contributed by atoms with Crippen LogP contribution < -0.4 is 0 Å². The average Bonchev–Trinajstić information content (AvgIpc) is 2.86. The highest BCUT2D eigenvalue weighted by atomic mass is 16.5. The molecule has 0 radical (unpaired) electrons. The van der Waals surface area contributed by atoms with Crippen LogP contribution in [-0.2, 0) is 10.3 Å². The summed E-state index contributed by atoms with van der Waals surface area (Å²) in [5.74, 6) is 0. The van der Waals surface area contributed by atoms with E-state index >= 15 is 0 Å². The van der Waals surface area contributed by atoms with E-state index in [0.717, 1.165) is 36.1 Å². The third-order valence-corrected chi connectivity index (χ3v) is 5.17. The van der Waals surface area contributed by atoms with Crippen molar-refractivity contribution in [2.75, 3.05) is 20.6 Å². The Morgan fingerprint density at radius 2 is 1.61 bits per heavy atom. The van der Waals surface area contributed by atoms with E-state index in [4.69, 9.17) is 4.74 Å². The first-order valence-corrected chi connectivity index (χ1v) is 8.33. The molecule has 4 rings (SSSR count). The van der Waals surface area contributed by atoms with Crippen molar-refractivity contribution in [3.8, 4) is 0 Å². The molecule has 0 unspecified atom stereocenters. The Kier molecular flexibility index (Phi) is 3.52. The highest BCUT2D eigenvalue weighted by Gasteiger charge is 2.53. The van der Waals surface area contributed by atoms with Gasteiger partial charge in [0.15, 0.2) is 0 Å². The highest BCUT2D eigenvalue weighted by Crippen LogP contribution is 2.58. The molecule has 120 valence electrons. The van der Waals surface area contributed by atoms with Crippen LogP contribution in [-0.4, -0.2) is 30.6 Å². The molecule has 0 amide bonds. The average molecular weight is 309 g/mol. The van der Waals surface area contributed by atoms with Crippen LogP contribution in [0.5, 0.6) is 0 Å². The van der Waals surface area contributed by atoms with Crippen molar-refractivity contribution >= 4 is 0 Å². The molecular formula is C20H23NO2. The van der Waals surface area contributed by atoms with E-state index in [1.165, 1.54) is 5.56 Å². The van der Waals surface area contributed by atoms with Gasteiger partial charge in [-0.25, -0.2) is 0 Å². The molecule has 0 fully saturated rings. The molecule has 2 bridgehead atoms. The zero-order valence-electron chi connectivity index (χ0n) is 13.7. The molecule has 3 heteroatoms. The molecule has 2 aliphatic heterocycles. The summed E-state index contributed by atoms with van der Waals surface area (Å²) in [5.41, 5.74) is 4.11. The predicted molar refractivity (Wildman–Crippen MR) is 90.2 cm³/mol. The van der Waals surface area contributed by atoms with E-state index in [1.54, 1.807) is 0 Å². The van der Waals surface area contributed by atoms with Gasteiger partial charge >= 0.3 is 0 Å². The van der Waals surface area contributed by atoms with Crippen molar-refractivity contribution in [3.63, 3.8) is 0 Å². The van der Waals surface area contributed by atoms with E-state index in [9.17, 15) is 5.11 Å². The van der Waals surface area contributed by atoms with Gasteiger partial charge in [-0.3, -0.25) is 0 Å². The number of nitrogens with zero attached hydrogens (tertiary/aromatic N) is 1. The fourth-order valence-electron chi connectivity index (χ4n) is 4.16. The van der Waals surface area contributed by atoms with E-state index in [-0.39, 0.29) is 6.10 Å². The summed E-state index contributed by atoms with van der Waals surface area (Å²) in [5, 5.41) is 10.8. The minimum atomic E-state index is -0.586. The molecule has 0 saturated carbocycles. The summed E-state index contributed by atoms with van der Waals surface area (Å²) in [6.07, 6.45) is 1.15. The topological polar surface area (TPSA) is 32.7 Å². The fraction of sp³-hybridized carbons (Fsp3) is 0.400. The maximum absolute atomic E-state index is 10.8. The van der Waals surface area contributed by atoms with Gasteiger partial charge in [-0.2, -0.15) is 0 Å². The van der Waals surface area contributed by atoms with Crippen LogP contribution in [0.25, 0.3) is 0 Å². The van der Waals surface area contributed by atoms with Crippen molar-refractivity contribution in [2.24, 2.45) is 0 Å². The molecule has 3 nitrogen and oxygen atoms in total. The molecule has 0 aromatic heterocycles. The zero-order chi connectivity index (χ0) is 16.0. The smallest absolute Gasteiger partial charge is 0.120 e. The van der Waals surface area contributed by atoms with Gasteiger partial charge in [0.05, 0.1) is 0 Å². The summed E-state index contributed by atoms with van der Waals surface area (Å²) < 4.78 is 6.51. The van der Waals surface area contributed by atoms with E-state index in [0.29, 0.717) is 0 Å². The maximum atomic E-state index is 10.8. The van der Waals surface area contributed by atoms with Crippen LogP contribution in [0.3, 0.4) is 0 Å². The first-order valence-electron chi connectivity index (χ1n) is 8.33. The molecule has 23 heavy (non-hydrogen) atoms. The Hall–Kier alpha value is -1.68. The molecule has 0 aliphatic carbocycles. The van der Waals surface area contributed by atoms with Crippen LogP contribution in [0, 0.1) is 0 Å². The lowest BCUT2D eigenvalue weighted by Crippen LogP contribution is -2.34. The first kappa shape index (κ1) is 14.9. The molecule has 2 aliphatic rings. The summed E-state index contributed by atoms with van der Waals surface area (Å²) >= 11 is 0. The number of ether oxygens (including phenoxy) is 1. The molecule has 3 atom stereocenters. The van der Waals surface area contributed by atoms with Crippen molar-refractivity contribution in [3.05, 3.63) is 70.8 Å². The molecular weight excluding hydrogens is 286 g/mol. The van der Waals surface area contributed by atoms with Gasteiger partial charge < -0.3 is 14.7 Å². The summed E-state index contributed by atoms with van der Waals surface area (Å²) in [4.78, 5) is 2.21. The third kappa shape index (κ3) is 2.15. The quantitative estimate of drug-likeness (QED) is 0.939. The van der Waals surface area contributed by atoms with Crippen LogP contribution >= 0.6 is 0 Å². The number of rotatable bonds is 4. The minimum Gasteiger partial charge on any atom is -0.385 e. The minimum absolute atomic E-state index is 0.250. The summed E-state index contributed by atoms with van der Waals surface area (Å²) in [6, 6.07) is 16.6. The predicted octanol–water partition coefficient (Wildman–Crippen LogP) is 3.39. The SMILES string of the molecule is CN(C)CCC[C@@]12O[C@@H](c3ccccc31)[C@@H](O)c1ccccc12. The second-order valence-corrected chi connectivity index (χ2v) is 6.89. The van der Waals surface area contributed by atoms with Crippen LogP contribution in [0.4, 0.5) is 0 Å². The van der Waals surface area contributed by atoms with Gasteiger partial charge in [0, 0.05) is 0 Å². The second kappa shape index (κ2) is 5.45. The van der Waals surface area contributed by atoms with Gasteiger partial charge in [-0.15, -0.1) is 0 Å². The monoisotopic (exact) mass is 309 g/mol. The van der Waals surface area contributed by atoms with E-state index in [1.807, 2.05) is 24.3 Å². The van der Waals surface area contributed by atoms with Crippen molar-refractivity contribution in [1.82, 2.24) is 4.90 Å². The Balaban J connectivity index is 1.85. The first-order chi connectivity index (χ1) is 11.1. The normalized spacial score (nSPS) is 27.8. The number of aliphatic hydroxyl groups excluding tert-OH is 1. The Morgan fingerprint density at radius 1 is 1.00 bits per heavy atom. The number of fused-ring (bicyclic) bond motifs is 7. The maximum Gasteiger partial charge on any atom is 0.120 e. The summed E-state index contributed by atoms with van der Waals surface area (Å²) in [6.45, 7) is 1.03. The number of aliphatic hydroxyl groups is 1. The molecule has 2 heterocycles. The van der Waals surface area contributed by atoms with Gasteiger partial charge in [0.25, 0.3) is 0 Å². The molecule has 0 saturated heterocycles. The van der Waals surface area contributed by atoms with E-state index in [2.05, 4.69) is 43.3 Å². The van der Waals surface area contributed by atoms with Crippen molar-refractivity contribution < 1.29 is 9.84 Å². The standard InChI is InChI=1S/C20H23NO2/c1-21(2)13-7-12-20-16-10-5-3-8-14(16)18(22)19(23-20)15-9-4-6-11-17(15)20/h3-6,8-11,18-19,22H,7,12-13H2,1-2H3/t18-,19-,20-/m0/s1. The van der Waals surface area contributed by atoms with Gasteiger partial charge in [-0.05, 0) is 55.7 Å². The molecule has 2 aromatic rings. The Morgan fingerprint density at radius 3 is 2.30 bits per heavy atom. The van der Waals surface area contributed by atoms with Crippen LogP contribution in [0.2, 0.25) is 0 Å². The fourth-order valence-corrected chi connectivity index (χ4v) is 4.16. The summed E-state index contributed by atoms with van der Waals surface area (Å²) in [7, 11) is 4.20. The van der Waals surface area contributed by atoms with E-state index < -0.39 is 11.7 Å². The van der Waals surface area contributed by atoms with Gasteiger partial charge in [-0.1, -0.05) is 48.5 Å². The number of hydrogen-bond acceptors (Lipinski definition) is 3. The second-order valence-electron chi connectivity index (χ2n) is 6.89. The van der Waals surface area contributed by atoms with Crippen molar-refractivity contribution in [1.29, 1.82) is 0 Å². The lowest BCUT2D eigenvalue weighted by molar-refractivity contribution is -0.124. The molecule has 1 N–H and O–H groups in total. The van der Waals surface area contributed by atoms with Crippen LogP contribution in [0.1, 0.15) is 47.3 Å². The van der Waals surface area contributed by atoms with Gasteiger partial charge in [0.1, 0.15) is 17.8 Å². The number of benzene rings is 2.